The van der Waals surface area contributed by atoms with Crippen molar-refractivity contribution in [3.05, 3.63) is 57.5 Å². The Balaban J connectivity index is 1.45. The van der Waals surface area contributed by atoms with Gasteiger partial charge in [-0.3, -0.25) is 14.0 Å². The third kappa shape index (κ3) is 2.92. The average molecular weight is 371 g/mol. The Hall–Kier alpha value is -2.87. The Bertz CT molecular complexity index is 1030. The Morgan fingerprint density at radius 2 is 2.38 bits per heavy atom. The number of amides is 1. The number of rotatable bonds is 4. The topological polar surface area (TPSA) is 81.9 Å². The first-order valence-electron chi connectivity index (χ1n) is 8.19. The zero-order valence-electron chi connectivity index (χ0n) is 14.1. The lowest BCUT2D eigenvalue weighted by Gasteiger charge is -2.26. The van der Waals surface area contributed by atoms with Crippen molar-refractivity contribution in [2.45, 2.75) is 6.42 Å². The van der Waals surface area contributed by atoms with Gasteiger partial charge in [0.15, 0.2) is 16.5 Å². The van der Waals surface area contributed by atoms with E-state index in [2.05, 4.69) is 10.3 Å². The maximum absolute atomic E-state index is 12.4. The van der Waals surface area contributed by atoms with Gasteiger partial charge in [-0.05, 0) is 18.1 Å². The Labute approximate surface area is 153 Å². The van der Waals surface area contributed by atoms with E-state index in [1.165, 1.54) is 21.9 Å². The van der Waals surface area contributed by atoms with Crippen molar-refractivity contribution in [2.24, 2.45) is 5.92 Å². The number of hydrogen-bond donors (Lipinski definition) is 1. The van der Waals surface area contributed by atoms with Crippen molar-refractivity contribution < 1.29 is 14.3 Å². The molecule has 0 saturated carbocycles. The van der Waals surface area contributed by atoms with Crippen molar-refractivity contribution in [1.29, 1.82) is 0 Å². The first kappa shape index (κ1) is 16.6. The first-order valence-corrected chi connectivity index (χ1v) is 9.07. The van der Waals surface area contributed by atoms with Crippen LogP contribution in [0.15, 0.2) is 40.8 Å². The van der Waals surface area contributed by atoms with Gasteiger partial charge in [-0.25, -0.2) is 4.98 Å². The van der Waals surface area contributed by atoms with Crippen molar-refractivity contribution >= 4 is 22.2 Å². The largest absolute Gasteiger partial charge is 0.493 e. The molecule has 134 valence electrons. The van der Waals surface area contributed by atoms with Crippen LogP contribution < -0.4 is 20.3 Å². The molecule has 0 spiro atoms. The van der Waals surface area contributed by atoms with E-state index in [9.17, 15) is 9.59 Å². The van der Waals surface area contributed by atoms with Crippen LogP contribution in [0.1, 0.15) is 15.9 Å². The van der Waals surface area contributed by atoms with E-state index < -0.39 is 5.91 Å². The minimum atomic E-state index is -0.417. The van der Waals surface area contributed by atoms with Gasteiger partial charge in [-0.1, -0.05) is 12.1 Å². The number of carbonyl (C=O) groups excluding carboxylic acids is 1. The minimum absolute atomic E-state index is 0.0414. The number of carbonyl (C=O) groups is 1. The molecule has 0 aliphatic carbocycles. The van der Waals surface area contributed by atoms with Crippen LogP contribution in [-0.2, 0) is 6.42 Å². The Morgan fingerprint density at radius 1 is 1.50 bits per heavy atom. The summed E-state index contributed by atoms with van der Waals surface area (Å²) in [7, 11) is 1.61. The molecule has 1 aromatic carbocycles. The van der Waals surface area contributed by atoms with Crippen molar-refractivity contribution in [1.82, 2.24) is 14.7 Å². The summed E-state index contributed by atoms with van der Waals surface area (Å²) in [5.41, 5.74) is 0.736. The smallest absolute Gasteiger partial charge is 0.271 e. The fourth-order valence-corrected chi connectivity index (χ4v) is 3.74. The fraction of sp³-hybridized carbons (Fsp3) is 0.278. The normalized spacial score (nSPS) is 16.0. The van der Waals surface area contributed by atoms with Gasteiger partial charge in [0, 0.05) is 30.2 Å². The maximum Gasteiger partial charge on any atom is 0.271 e. The number of methoxy groups -OCH3 is 1. The van der Waals surface area contributed by atoms with E-state index in [-0.39, 0.29) is 17.0 Å². The van der Waals surface area contributed by atoms with Crippen molar-refractivity contribution in [3.8, 4) is 11.5 Å². The second-order valence-corrected chi connectivity index (χ2v) is 6.95. The first-order chi connectivity index (χ1) is 12.7. The lowest BCUT2D eigenvalue weighted by atomic mass is 9.96. The quantitative estimate of drug-likeness (QED) is 0.756. The molecule has 1 amide bonds. The molecule has 3 heterocycles. The van der Waals surface area contributed by atoms with Crippen LogP contribution in [0.4, 0.5) is 0 Å². The number of ether oxygens (including phenoxy) is 2. The highest BCUT2D eigenvalue weighted by Gasteiger charge is 2.23. The average Bonchev–Trinajstić information content (AvgIpc) is 3.15. The highest BCUT2D eigenvalue weighted by atomic mass is 32.1. The van der Waals surface area contributed by atoms with Gasteiger partial charge in [-0.2, -0.15) is 0 Å². The number of nitrogens with zero attached hydrogens (tertiary/aromatic N) is 2. The predicted molar refractivity (Wildman–Crippen MR) is 97.4 cm³/mol. The minimum Gasteiger partial charge on any atom is -0.493 e. The molecule has 4 rings (SSSR count). The van der Waals surface area contributed by atoms with E-state index in [0.29, 0.717) is 23.9 Å². The summed E-state index contributed by atoms with van der Waals surface area (Å²) in [5.74, 6) is 1.19. The summed E-state index contributed by atoms with van der Waals surface area (Å²) in [6, 6.07) is 5.78. The monoisotopic (exact) mass is 371 g/mol. The van der Waals surface area contributed by atoms with Crippen LogP contribution in [-0.4, -0.2) is 35.6 Å². The molecule has 1 aliphatic rings. The van der Waals surface area contributed by atoms with Crippen LogP contribution in [0.2, 0.25) is 0 Å². The van der Waals surface area contributed by atoms with E-state index in [4.69, 9.17) is 9.47 Å². The predicted octanol–water partition coefficient (Wildman–Crippen LogP) is 1.75. The number of para-hydroxylation sites is 1. The van der Waals surface area contributed by atoms with E-state index >= 15 is 0 Å². The van der Waals surface area contributed by atoms with E-state index in [1.807, 2.05) is 18.2 Å². The van der Waals surface area contributed by atoms with Crippen LogP contribution in [0.25, 0.3) is 4.96 Å². The lowest BCUT2D eigenvalue weighted by Crippen LogP contribution is -2.37. The second kappa shape index (κ2) is 6.80. The molecule has 0 bridgehead atoms. The molecular weight excluding hydrogens is 354 g/mol. The molecule has 1 atom stereocenters. The summed E-state index contributed by atoms with van der Waals surface area (Å²) >= 11 is 1.35. The van der Waals surface area contributed by atoms with Gasteiger partial charge in [0.2, 0.25) is 0 Å². The molecule has 8 heteroatoms. The molecule has 1 N–H and O–H groups in total. The summed E-state index contributed by atoms with van der Waals surface area (Å²) in [4.78, 5) is 29.5. The standard InChI is InChI=1S/C18H17N3O4S/c1-24-14-4-2-3-12-7-11(10-25-15(12)14)8-19-16(22)13-9-20-18-21(17(13)23)5-6-26-18/h2-6,9,11H,7-8,10H2,1H3,(H,19,22). The van der Waals surface area contributed by atoms with Gasteiger partial charge < -0.3 is 14.8 Å². The third-order valence-corrected chi connectivity index (χ3v) is 5.16. The Kier molecular flexibility index (Phi) is 4.34. The zero-order chi connectivity index (χ0) is 18.1. The summed E-state index contributed by atoms with van der Waals surface area (Å²) in [6.07, 6.45) is 3.72. The zero-order valence-corrected chi connectivity index (χ0v) is 14.9. The van der Waals surface area contributed by atoms with Gasteiger partial charge >= 0.3 is 0 Å². The summed E-state index contributed by atoms with van der Waals surface area (Å²) in [6.45, 7) is 0.899. The summed E-state index contributed by atoms with van der Waals surface area (Å²) in [5, 5.41) is 4.59. The van der Waals surface area contributed by atoms with Gasteiger partial charge in [-0.15, -0.1) is 11.3 Å². The highest BCUT2D eigenvalue weighted by molar-refractivity contribution is 7.15. The van der Waals surface area contributed by atoms with Crippen LogP contribution >= 0.6 is 11.3 Å². The number of benzene rings is 1. The van der Waals surface area contributed by atoms with Crippen molar-refractivity contribution in [3.63, 3.8) is 0 Å². The maximum atomic E-state index is 12.4. The lowest BCUT2D eigenvalue weighted by molar-refractivity contribution is 0.0936. The molecule has 1 unspecified atom stereocenters. The molecule has 26 heavy (non-hydrogen) atoms. The van der Waals surface area contributed by atoms with E-state index in [0.717, 1.165) is 17.7 Å². The molecule has 0 fully saturated rings. The number of hydrogen-bond acceptors (Lipinski definition) is 6. The SMILES string of the molecule is COc1cccc2c1OCC(CNC(=O)c1cnc3sccn3c1=O)C2. The third-order valence-electron chi connectivity index (χ3n) is 4.39. The van der Waals surface area contributed by atoms with Gasteiger partial charge in [0.1, 0.15) is 5.56 Å². The molecular formula is C18H17N3O4S. The highest BCUT2D eigenvalue weighted by Crippen LogP contribution is 2.35. The van der Waals surface area contributed by atoms with Gasteiger partial charge in [0.05, 0.1) is 13.7 Å². The van der Waals surface area contributed by atoms with Crippen molar-refractivity contribution in [2.75, 3.05) is 20.3 Å². The van der Waals surface area contributed by atoms with Crippen LogP contribution in [0.3, 0.4) is 0 Å². The molecule has 1 aliphatic heterocycles. The molecule has 2 aromatic heterocycles. The van der Waals surface area contributed by atoms with E-state index in [1.54, 1.807) is 18.7 Å². The number of thiazole rings is 1. The molecule has 3 aromatic rings. The molecule has 0 radical (unpaired) electrons. The number of aromatic nitrogens is 2. The van der Waals surface area contributed by atoms with Crippen LogP contribution in [0, 0.1) is 5.92 Å². The summed E-state index contributed by atoms with van der Waals surface area (Å²) < 4.78 is 12.5. The number of nitrogens with one attached hydrogen (secondary N) is 1. The number of fused-ring (bicyclic) bond motifs is 2. The Morgan fingerprint density at radius 3 is 3.23 bits per heavy atom. The molecule has 7 nitrogen and oxygen atoms in total. The van der Waals surface area contributed by atoms with Crippen LogP contribution in [0.5, 0.6) is 11.5 Å². The van der Waals surface area contributed by atoms with Gasteiger partial charge in [0.25, 0.3) is 11.5 Å². The second-order valence-electron chi connectivity index (χ2n) is 6.07. The fourth-order valence-electron chi connectivity index (χ4n) is 3.06. The molecule has 0 saturated heterocycles.